The Hall–Kier alpha value is -4.09. The van der Waals surface area contributed by atoms with E-state index in [4.69, 9.17) is 14.2 Å². The number of nitrogens with zero attached hydrogens (tertiary/aromatic N) is 2. The van der Waals surface area contributed by atoms with Gasteiger partial charge in [0.1, 0.15) is 0 Å². The fourth-order valence-electron chi connectivity index (χ4n) is 5.68. The zero-order chi connectivity index (χ0) is 32.2. The molecule has 1 aliphatic rings. The van der Waals surface area contributed by atoms with Gasteiger partial charge in [-0.25, -0.2) is 4.79 Å². The molecule has 0 saturated carbocycles. The Labute approximate surface area is 252 Å². The van der Waals surface area contributed by atoms with Crippen molar-refractivity contribution in [2.24, 2.45) is 0 Å². The highest BCUT2D eigenvalue weighted by Gasteiger charge is 2.40. The molecule has 1 aliphatic heterocycles. The molecule has 0 aromatic heterocycles. The van der Waals surface area contributed by atoms with Crippen molar-refractivity contribution in [2.75, 3.05) is 32.8 Å². The summed E-state index contributed by atoms with van der Waals surface area (Å²) in [7, 11) is 4.04. The molecular weight excluding hydrogens is 590 g/mol. The molecule has 0 unspecified atom stereocenters. The van der Waals surface area contributed by atoms with Gasteiger partial charge in [0.25, 0.3) is 0 Å². The lowest BCUT2D eigenvalue weighted by molar-refractivity contribution is -0.143. The highest BCUT2D eigenvalue weighted by molar-refractivity contribution is 5.71. The van der Waals surface area contributed by atoms with E-state index in [1.54, 1.807) is 12.1 Å². The summed E-state index contributed by atoms with van der Waals surface area (Å²) in [5, 5.41) is 0. The number of methoxy groups -OCH3 is 3. The zero-order valence-electron chi connectivity index (χ0n) is 24.8. The van der Waals surface area contributed by atoms with Crippen LogP contribution in [0.5, 0.6) is 11.5 Å². The molecule has 0 N–H and O–H groups in total. The number of rotatable bonds is 9. The summed E-state index contributed by atoms with van der Waals surface area (Å²) in [6.45, 7) is 2.04. The van der Waals surface area contributed by atoms with Crippen LogP contribution in [0, 0.1) is 0 Å². The van der Waals surface area contributed by atoms with E-state index in [9.17, 15) is 31.1 Å². The highest BCUT2D eigenvalue weighted by Crippen LogP contribution is 2.47. The first kappa shape index (κ1) is 32.8. The monoisotopic (exact) mass is 624 g/mol. The van der Waals surface area contributed by atoms with E-state index in [1.807, 2.05) is 37.3 Å². The van der Waals surface area contributed by atoms with Crippen LogP contribution < -0.4 is 14.4 Å². The van der Waals surface area contributed by atoms with Gasteiger partial charge in [0, 0.05) is 36.4 Å². The number of carbonyl (C=O) groups is 1. The number of benzene rings is 3. The van der Waals surface area contributed by atoms with Gasteiger partial charge in [-0.1, -0.05) is 30.3 Å². The number of fused-ring (bicyclic) bond motifs is 1. The van der Waals surface area contributed by atoms with Crippen molar-refractivity contribution in [3.8, 4) is 11.5 Å². The molecule has 0 aliphatic carbocycles. The number of amides is 1. The summed E-state index contributed by atoms with van der Waals surface area (Å²) in [5.74, 6) is 0.794. The van der Waals surface area contributed by atoms with Crippen LogP contribution in [0.2, 0.25) is 0 Å². The average molecular weight is 625 g/mol. The van der Waals surface area contributed by atoms with Crippen LogP contribution in [-0.2, 0) is 30.1 Å². The van der Waals surface area contributed by atoms with Crippen LogP contribution in [-0.4, -0.2) is 44.9 Å². The number of ether oxygens (including phenoxy) is 3. The summed E-state index contributed by atoms with van der Waals surface area (Å²) in [4.78, 5) is 16.5. The Bertz CT molecular complexity index is 1410. The molecule has 44 heavy (non-hydrogen) atoms. The number of halogens is 6. The maximum Gasteiger partial charge on any atom is 0.416 e. The van der Waals surface area contributed by atoms with Crippen molar-refractivity contribution in [1.82, 2.24) is 4.90 Å². The molecule has 3 aromatic carbocycles. The van der Waals surface area contributed by atoms with Gasteiger partial charge in [-0.3, -0.25) is 4.90 Å². The van der Waals surface area contributed by atoms with E-state index >= 15 is 0 Å². The van der Waals surface area contributed by atoms with Crippen molar-refractivity contribution in [1.29, 1.82) is 0 Å². The van der Waals surface area contributed by atoms with Crippen LogP contribution in [0.15, 0.2) is 60.7 Å². The molecule has 1 amide bonds. The third-order valence-electron chi connectivity index (χ3n) is 7.79. The Morgan fingerprint density at radius 3 is 2.00 bits per heavy atom. The molecule has 1 heterocycles. The first-order valence-corrected chi connectivity index (χ1v) is 14.0. The van der Waals surface area contributed by atoms with Gasteiger partial charge in [-0.05, 0) is 61.6 Å². The zero-order valence-corrected chi connectivity index (χ0v) is 24.8. The van der Waals surface area contributed by atoms with Crippen LogP contribution in [0.25, 0.3) is 0 Å². The molecule has 12 heteroatoms. The smallest absolute Gasteiger partial charge is 0.416 e. The maximum absolute atomic E-state index is 13.6. The van der Waals surface area contributed by atoms with E-state index in [-0.39, 0.29) is 17.7 Å². The van der Waals surface area contributed by atoms with Crippen molar-refractivity contribution >= 4 is 11.8 Å². The minimum Gasteiger partial charge on any atom is -0.493 e. The molecule has 0 radical (unpaired) electrons. The predicted molar refractivity (Wildman–Crippen MR) is 153 cm³/mol. The normalized spacial score (nSPS) is 16.7. The number of anilines is 1. The van der Waals surface area contributed by atoms with E-state index in [0.29, 0.717) is 47.8 Å². The standard InChI is InChI=1S/C32H34F6N2O4/c1-20-13-26(40(30(41)44-4)19-22-14-23(31(33,34)35)16-24(15-22)32(36,37)38)25-17-28(42-2)29(43-3)18-27(25)39(20)12-8-11-21-9-6-5-7-10-21/h5-7,9-10,14-18,20,26H,8,11-13,19H2,1-4H3/t20-,26+/m0/s1. The summed E-state index contributed by atoms with van der Waals surface area (Å²) >= 11 is 0. The third kappa shape index (κ3) is 7.34. The summed E-state index contributed by atoms with van der Waals surface area (Å²) in [6.07, 6.45) is -9.00. The summed E-state index contributed by atoms with van der Waals surface area (Å²) in [5.41, 5.74) is -0.750. The lowest BCUT2D eigenvalue weighted by Gasteiger charge is -2.44. The van der Waals surface area contributed by atoms with E-state index < -0.39 is 42.2 Å². The molecule has 0 fully saturated rings. The number of hydrogen-bond donors (Lipinski definition) is 0. The second kappa shape index (κ2) is 13.3. The Kier molecular flexibility index (Phi) is 9.90. The average Bonchev–Trinajstić information content (AvgIpc) is 2.99. The lowest BCUT2D eigenvalue weighted by atomic mass is 9.89. The second-order valence-corrected chi connectivity index (χ2v) is 10.7. The van der Waals surface area contributed by atoms with Crippen LogP contribution in [0.3, 0.4) is 0 Å². The quantitative estimate of drug-likeness (QED) is 0.224. The Balaban J connectivity index is 1.76. The molecule has 238 valence electrons. The molecular formula is C32H34F6N2O4. The molecule has 6 nitrogen and oxygen atoms in total. The predicted octanol–water partition coefficient (Wildman–Crippen LogP) is 8.28. The molecule has 4 rings (SSSR count). The van der Waals surface area contributed by atoms with Gasteiger partial charge in [0.2, 0.25) is 0 Å². The Morgan fingerprint density at radius 1 is 0.864 bits per heavy atom. The fraction of sp³-hybridized carbons (Fsp3) is 0.406. The SMILES string of the molecule is COC(=O)N(Cc1cc(C(F)(F)F)cc(C(F)(F)F)c1)[C@@H]1C[C@H](C)N(CCCc2ccccc2)c2cc(OC)c(OC)cc21. The van der Waals surface area contributed by atoms with Gasteiger partial charge in [-0.2, -0.15) is 26.3 Å². The van der Waals surface area contributed by atoms with Crippen molar-refractivity contribution in [2.45, 2.75) is 57.2 Å². The lowest BCUT2D eigenvalue weighted by Crippen LogP contribution is -2.45. The minimum atomic E-state index is -5.03. The van der Waals surface area contributed by atoms with Gasteiger partial charge >= 0.3 is 18.4 Å². The molecule has 0 bridgehead atoms. The van der Waals surface area contributed by atoms with Gasteiger partial charge in [0.15, 0.2) is 11.5 Å². The van der Waals surface area contributed by atoms with E-state index in [1.165, 1.54) is 19.8 Å². The second-order valence-electron chi connectivity index (χ2n) is 10.7. The van der Waals surface area contributed by atoms with Crippen LogP contribution in [0.1, 0.15) is 53.6 Å². The Morgan fingerprint density at radius 2 is 1.45 bits per heavy atom. The maximum atomic E-state index is 13.6. The van der Waals surface area contributed by atoms with Gasteiger partial charge < -0.3 is 19.1 Å². The highest BCUT2D eigenvalue weighted by atomic mass is 19.4. The number of alkyl halides is 6. The third-order valence-corrected chi connectivity index (χ3v) is 7.79. The topological polar surface area (TPSA) is 51.2 Å². The number of carbonyl (C=O) groups excluding carboxylic acids is 1. The fourth-order valence-corrected chi connectivity index (χ4v) is 5.68. The molecule has 2 atom stereocenters. The van der Waals surface area contributed by atoms with E-state index in [0.717, 1.165) is 24.9 Å². The first-order valence-electron chi connectivity index (χ1n) is 14.0. The van der Waals surface area contributed by atoms with Crippen molar-refractivity contribution in [3.05, 3.63) is 88.5 Å². The van der Waals surface area contributed by atoms with Crippen LogP contribution in [0.4, 0.5) is 36.8 Å². The minimum absolute atomic E-state index is 0.0639. The van der Waals surface area contributed by atoms with Crippen LogP contribution >= 0.6 is 0 Å². The summed E-state index contributed by atoms with van der Waals surface area (Å²) in [6, 6.07) is 13.8. The van der Waals surface area contributed by atoms with Gasteiger partial charge in [-0.15, -0.1) is 0 Å². The summed E-state index contributed by atoms with van der Waals surface area (Å²) < 4.78 is 97.7. The number of hydrogen-bond acceptors (Lipinski definition) is 5. The molecule has 0 saturated heterocycles. The van der Waals surface area contributed by atoms with Gasteiger partial charge in [0.05, 0.1) is 38.5 Å². The van der Waals surface area contributed by atoms with E-state index in [2.05, 4.69) is 4.90 Å². The molecule has 3 aromatic rings. The van der Waals surface area contributed by atoms with Crippen molar-refractivity contribution < 1.29 is 45.3 Å². The van der Waals surface area contributed by atoms with Crippen molar-refractivity contribution in [3.63, 3.8) is 0 Å². The number of aryl methyl sites for hydroxylation is 1. The molecule has 0 spiro atoms. The first-order chi connectivity index (χ1) is 20.8. The largest absolute Gasteiger partial charge is 0.493 e.